The van der Waals surface area contributed by atoms with E-state index in [4.69, 9.17) is 5.73 Å². The molecule has 1 aromatic carbocycles. The summed E-state index contributed by atoms with van der Waals surface area (Å²) >= 11 is 0. The van der Waals surface area contributed by atoms with Gasteiger partial charge in [0.1, 0.15) is 11.6 Å². The highest BCUT2D eigenvalue weighted by Gasteiger charge is 2.27. The average molecular weight is 205 g/mol. The fourth-order valence-corrected chi connectivity index (χ4v) is 2.05. The number of hydrogen-bond donors (Lipinski definition) is 1. The number of nitrogens with zero attached hydrogens (tertiary/aromatic N) is 2. The van der Waals surface area contributed by atoms with E-state index in [-0.39, 0.29) is 11.5 Å². The highest BCUT2D eigenvalue weighted by molar-refractivity contribution is 5.80. The largest absolute Gasteiger partial charge is 0.396 e. The van der Waals surface area contributed by atoms with Crippen molar-refractivity contribution in [2.45, 2.75) is 25.8 Å². The number of rotatable bonds is 1. The Balaban J connectivity index is 2.34. The van der Waals surface area contributed by atoms with E-state index < -0.39 is 0 Å². The Kier molecular flexibility index (Phi) is 1.58. The third-order valence-corrected chi connectivity index (χ3v) is 2.90. The van der Waals surface area contributed by atoms with Crippen molar-refractivity contribution < 1.29 is 4.39 Å². The van der Waals surface area contributed by atoms with Gasteiger partial charge in [-0.25, -0.2) is 9.37 Å². The van der Waals surface area contributed by atoms with E-state index in [2.05, 4.69) is 9.55 Å². The zero-order chi connectivity index (χ0) is 10.6. The van der Waals surface area contributed by atoms with Crippen LogP contribution >= 0.6 is 0 Å². The quantitative estimate of drug-likeness (QED) is 0.726. The first kappa shape index (κ1) is 8.71. The highest BCUT2D eigenvalue weighted by Crippen LogP contribution is 2.38. The molecule has 0 radical (unpaired) electrons. The van der Waals surface area contributed by atoms with E-state index in [1.807, 2.05) is 6.92 Å². The van der Waals surface area contributed by atoms with Crippen molar-refractivity contribution >= 4 is 16.7 Å². The first-order chi connectivity index (χ1) is 7.16. The first-order valence-electron chi connectivity index (χ1n) is 5.10. The van der Waals surface area contributed by atoms with E-state index in [0.717, 1.165) is 29.7 Å². The second-order valence-electron chi connectivity index (χ2n) is 4.12. The maximum Gasteiger partial charge on any atom is 0.148 e. The van der Waals surface area contributed by atoms with Crippen LogP contribution in [0.4, 0.5) is 10.1 Å². The number of fused-ring (bicyclic) bond motifs is 1. The molecule has 0 saturated heterocycles. The summed E-state index contributed by atoms with van der Waals surface area (Å²) in [6.07, 6.45) is 2.33. The van der Waals surface area contributed by atoms with E-state index in [0.29, 0.717) is 6.04 Å². The lowest BCUT2D eigenvalue weighted by Crippen LogP contribution is -1.97. The molecule has 2 N–H and O–H groups in total. The van der Waals surface area contributed by atoms with Crippen molar-refractivity contribution in [3.05, 3.63) is 23.8 Å². The number of anilines is 1. The number of benzene rings is 1. The Morgan fingerprint density at radius 1 is 1.47 bits per heavy atom. The lowest BCUT2D eigenvalue weighted by Gasteiger charge is -2.04. The van der Waals surface area contributed by atoms with Crippen LogP contribution in [0.5, 0.6) is 0 Å². The molecule has 1 heterocycles. The maximum absolute atomic E-state index is 13.4. The smallest absolute Gasteiger partial charge is 0.148 e. The van der Waals surface area contributed by atoms with Crippen LogP contribution in [0.15, 0.2) is 12.1 Å². The van der Waals surface area contributed by atoms with Gasteiger partial charge in [-0.15, -0.1) is 0 Å². The Hall–Kier alpha value is -1.58. The summed E-state index contributed by atoms with van der Waals surface area (Å²) in [4.78, 5) is 4.39. The Bertz CT molecular complexity index is 540. The second-order valence-corrected chi connectivity index (χ2v) is 4.12. The normalized spacial score (nSPS) is 16.1. The molecule has 0 bridgehead atoms. The minimum absolute atomic E-state index is 0.169. The van der Waals surface area contributed by atoms with Gasteiger partial charge in [-0.3, -0.25) is 0 Å². The van der Waals surface area contributed by atoms with Crippen LogP contribution < -0.4 is 5.73 Å². The van der Waals surface area contributed by atoms with Crippen LogP contribution in [-0.4, -0.2) is 9.55 Å². The fourth-order valence-electron chi connectivity index (χ4n) is 2.05. The molecular formula is C11H12FN3. The lowest BCUT2D eigenvalue weighted by molar-refractivity contribution is 0.632. The maximum atomic E-state index is 13.4. The summed E-state index contributed by atoms with van der Waals surface area (Å²) in [5, 5.41) is 0. The van der Waals surface area contributed by atoms with Crippen LogP contribution in [0.2, 0.25) is 0 Å². The Morgan fingerprint density at radius 3 is 2.87 bits per heavy atom. The lowest BCUT2D eigenvalue weighted by atomic mass is 10.2. The van der Waals surface area contributed by atoms with Gasteiger partial charge in [0.15, 0.2) is 0 Å². The van der Waals surface area contributed by atoms with Gasteiger partial charge in [0.05, 0.1) is 16.7 Å². The summed E-state index contributed by atoms with van der Waals surface area (Å²) in [5.41, 5.74) is 7.33. The summed E-state index contributed by atoms with van der Waals surface area (Å²) in [6, 6.07) is 3.61. The van der Waals surface area contributed by atoms with Gasteiger partial charge in [-0.2, -0.15) is 0 Å². The second kappa shape index (κ2) is 2.72. The molecule has 1 aliphatic carbocycles. The van der Waals surface area contributed by atoms with Gasteiger partial charge in [0, 0.05) is 12.1 Å². The van der Waals surface area contributed by atoms with Crippen LogP contribution in [0, 0.1) is 12.7 Å². The minimum atomic E-state index is -0.357. The Morgan fingerprint density at radius 2 is 2.20 bits per heavy atom. The predicted octanol–water partition coefficient (Wildman–Crippen LogP) is 2.40. The van der Waals surface area contributed by atoms with Crippen molar-refractivity contribution in [3.63, 3.8) is 0 Å². The van der Waals surface area contributed by atoms with Crippen molar-refractivity contribution in [3.8, 4) is 0 Å². The topological polar surface area (TPSA) is 43.8 Å². The molecule has 1 aliphatic rings. The molecule has 1 fully saturated rings. The van der Waals surface area contributed by atoms with Crippen molar-refractivity contribution in [1.82, 2.24) is 9.55 Å². The molecule has 3 rings (SSSR count). The van der Waals surface area contributed by atoms with Gasteiger partial charge in [-0.1, -0.05) is 0 Å². The van der Waals surface area contributed by atoms with Gasteiger partial charge in [-0.05, 0) is 25.8 Å². The number of nitrogens with two attached hydrogens (primary N) is 1. The first-order valence-corrected chi connectivity index (χ1v) is 5.10. The van der Waals surface area contributed by atoms with Gasteiger partial charge in [0.25, 0.3) is 0 Å². The van der Waals surface area contributed by atoms with E-state index in [1.165, 1.54) is 6.07 Å². The number of halogens is 1. The molecule has 2 aromatic rings. The zero-order valence-electron chi connectivity index (χ0n) is 8.50. The third kappa shape index (κ3) is 1.21. The standard InChI is InChI=1S/C11H12FN3/c1-6-14-10-5-9(13)8(12)4-11(10)15(6)7-2-3-7/h4-5,7H,2-3,13H2,1H3. The van der Waals surface area contributed by atoms with Gasteiger partial charge in [0.2, 0.25) is 0 Å². The summed E-state index contributed by atoms with van der Waals surface area (Å²) < 4.78 is 15.5. The van der Waals surface area contributed by atoms with Crippen LogP contribution in [0.3, 0.4) is 0 Å². The highest BCUT2D eigenvalue weighted by atomic mass is 19.1. The number of imidazole rings is 1. The van der Waals surface area contributed by atoms with Gasteiger partial charge >= 0.3 is 0 Å². The van der Waals surface area contributed by atoms with Crippen molar-refractivity contribution in [1.29, 1.82) is 0 Å². The molecule has 4 heteroatoms. The minimum Gasteiger partial charge on any atom is -0.396 e. The monoisotopic (exact) mass is 205 g/mol. The molecule has 0 aliphatic heterocycles. The summed E-state index contributed by atoms with van der Waals surface area (Å²) in [7, 11) is 0. The molecule has 0 amide bonds. The van der Waals surface area contributed by atoms with E-state index in [9.17, 15) is 4.39 Å². The number of aromatic nitrogens is 2. The molecule has 0 spiro atoms. The SMILES string of the molecule is Cc1nc2cc(N)c(F)cc2n1C1CC1. The summed E-state index contributed by atoms with van der Waals surface area (Å²) in [6.45, 7) is 1.95. The van der Waals surface area contributed by atoms with Crippen molar-refractivity contribution in [2.24, 2.45) is 0 Å². The molecular weight excluding hydrogens is 193 g/mol. The Labute approximate surface area is 86.7 Å². The van der Waals surface area contributed by atoms with Crippen LogP contribution in [0.25, 0.3) is 11.0 Å². The number of hydrogen-bond acceptors (Lipinski definition) is 2. The number of aryl methyl sites for hydroxylation is 1. The molecule has 3 nitrogen and oxygen atoms in total. The van der Waals surface area contributed by atoms with Crippen LogP contribution in [0.1, 0.15) is 24.7 Å². The van der Waals surface area contributed by atoms with E-state index >= 15 is 0 Å². The molecule has 0 unspecified atom stereocenters. The summed E-state index contributed by atoms with van der Waals surface area (Å²) in [5.74, 6) is 0.585. The predicted molar refractivity (Wildman–Crippen MR) is 57.1 cm³/mol. The average Bonchev–Trinajstić information content (AvgIpc) is 2.93. The van der Waals surface area contributed by atoms with Crippen LogP contribution in [-0.2, 0) is 0 Å². The fraction of sp³-hybridized carbons (Fsp3) is 0.364. The molecule has 15 heavy (non-hydrogen) atoms. The third-order valence-electron chi connectivity index (χ3n) is 2.90. The number of nitrogen functional groups attached to an aromatic ring is 1. The zero-order valence-corrected chi connectivity index (χ0v) is 8.50. The van der Waals surface area contributed by atoms with Gasteiger partial charge < -0.3 is 10.3 Å². The van der Waals surface area contributed by atoms with E-state index in [1.54, 1.807) is 6.07 Å². The molecule has 1 aromatic heterocycles. The molecule has 1 saturated carbocycles. The molecule has 78 valence electrons. The van der Waals surface area contributed by atoms with Crippen molar-refractivity contribution in [2.75, 3.05) is 5.73 Å². The molecule has 0 atom stereocenters.